The molecule has 0 aromatic heterocycles. The molecule has 1 aliphatic rings. The lowest BCUT2D eigenvalue weighted by Gasteiger charge is -2.12. The van der Waals surface area contributed by atoms with Crippen LogP contribution in [0.15, 0.2) is 22.7 Å². The molecule has 17 heavy (non-hydrogen) atoms. The van der Waals surface area contributed by atoms with Crippen LogP contribution in [-0.2, 0) is 11.3 Å². The highest BCUT2D eigenvalue weighted by atomic mass is 79.9. The van der Waals surface area contributed by atoms with E-state index in [0.29, 0.717) is 5.92 Å². The van der Waals surface area contributed by atoms with Gasteiger partial charge in [-0.05, 0) is 47.1 Å². The molecule has 0 bridgehead atoms. The number of nitrogens with one attached hydrogen (secondary N) is 1. The van der Waals surface area contributed by atoms with Crippen LogP contribution >= 0.6 is 15.9 Å². The fourth-order valence-corrected chi connectivity index (χ4v) is 2.44. The van der Waals surface area contributed by atoms with Gasteiger partial charge in [0.2, 0.25) is 0 Å². The maximum absolute atomic E-state index is 5.81. The molecule has 1 atom stereocenters. The Balaban J connectivity index is 1.91. The first-order valence-corrected chi connectivity index (χ1v) is 6.72. The Hall–Kier alpha value is -0.580. The Bertz CT molecular complexity index is 364. The number of halogens is 1. The molecule has 1 heterocycles. The number of hydrogen-bond acceptors (Lipinski definition) is 3. The fraction of sp³-hybridized carbons (Fsp3) is 0.538. The van der Waals surface area contributed by atoms with E-state index in [9.17, 15) is 0 Å². The van der Waals surface area contributed by atoms with Crippen molar-refractivity contribution in [2.75, 3.05) is 26.9 Å². The van der Waals surface area contributed by atoms with Gasteiger partial charge in [-0.25, -0.2) is 0 Å². The minimum atomic E-state index is 0.541. The first kappa shape index (κ1) is 12.9. The van der Waals surface area contributed by atoms with Crippen molar-refractivity contribution in [2.24, 2.45) is 5.92 Å². The summed E-state index contributed by atoms with van der Waals surface area (Å²) in [5, 5.41) is 3.13. The van der Waals surface area contributed by atoms with E-state index in [-0.39, 0.29) is 0 Å². The van der Waals surface area contributed by atoms with Crippen molar-refractivity contribution in [3.8, 4) is 5.75 Å². The molecule has 0 aliphatic carbocycles. The summed E-state index contributed by atoms with van der Waals surface area (Å²) >= 11 is 3.54. The van der Waals surface area contributed by atoms with Gasteiger partial charge in [-0.3, -0.25) is 0 Å². The van der Waals surface area contributed by atoms with Gasteiger partial charge in [0, 0.05) is 19.1 Å². The minimum absolute atomic E-state index is 0.541. The lowest BCUT2D eigenvalue weighted by Crippen LogP contribution is -2.12. The summed E-state index contributed by atoms with van der Waals surface area (Å²) in [6.45, 7) is 3.31. The molecule has 0 saturated carbocycles. The van der Waals surface area contributed by atoms with E-state index in [2.05, 4.69) is 33.4 Å². The topological polar surface area (TPSA) is 30.5 Å². The highest BCUT2D eigenvalue weighted by Crippen LogP contribution is 2.27. The third-order valence-electron chi connectivity index (χ3n) is 2.88. The molecule has 1 aromatic carbocycles. The molecule has 1 aromatic rings. The molecular weight excluding hydrogens is 282 g/mol. The fourth-order valence-electron chi connectivity index (χ4n) is 1.90. The Labute approximate surface area is 111 Å². The standard InChI is InChI=1S/C13H18BrNO2/c1-15-7-10-2-3-13(12(14)6-10)17-9-11-4-5-16-8-11/h2-3,6,11,15H,4-5,7-9H2,1H3. The highest BCUT2D eigenvalue weighted by Gasteiger charge is 2.16. The molecule has 0 amide bonds. The molecule has 3 nitrogen and oxygen atoms in total. The molecule has 0 radical (unpaired) electrons. The van der Waals surface area contributed by atoms with Crippen LogP contribution in [0.1, 0.15) is 12.0 Å². The van der Waals surface area contributed by atoms with E-state index >= 15 is 0 Å². The van der Waals surface area contributed by atoms with Crippen LogP contribution < -0.4 is 10.1 Å². The monoisotopic (exact) mass is 299 g/mol. The summed E-state index contributed by atoms with van der Waals surface area (Å²) in [5.74, 6) is 1.45. The van der Waals surface area contributed by atoms with E-state index in [1.54, 1.807) is 0 Å². The number of ether oxygens (including phenoxy) is 2. The molecule has 1 saturated heterocycles. The first-order chi connectivity index (χ1) is 8.29. The summed E-state index contributed by atoms with van der Waals surface area (Å²) in [4.78, 5) is 0. The molecule has 1 fully saturated rings. The molecule has 1 unspecified atom stereocenters. The average molecular weight is 300 g/mol. The van der Waals surface area contributed by atoms with Gasteiger partial charge in [0.05, 0.1) is 17.7 Å². The van der Waals surface area contributed by atoms with Crippen molar-refractivity contribution in [1.29, 1.82) is 0 Å². The van der Waals surface area contributed by atoms with E-state index in [4.69, 9.17) is 9.47 Å². The van der Waals surface area contributed by atoms with Crippen molar-refractivity contribution >= 4 is 15.9 Å². The summed E-state index contributed by atoms with van der Waals surface area (Å²) in [6, 6.07) is 6.20. The molecule has 2 rings (SSSR count). The van der Waals surface area contributed by atoms with Crippen LogP contribution in [0.3, 0.4) is 0 Å². The highest BCUT2D eigenvalue weighted by molar-refractivity contribution is 9.10. The summed E-state index contributed by atoms with van der Waals surface area (Å²) in [5.41, 5.74) is 1.25. The van der Waals surface area contributed by atoms with Gasteiger partial charge in [-0.2, -0.15) is 0 Å². The second kappa shape index (κ2) is 6.38. The van der Waals surface area contributed by atoms with Crippen molar-refractivity contribution in [2.45, 2.75) is 13.0 Å². The number of hydrogen-bond donors (Lipinski definition) is 1. The van der Waals surface area contributed by atoms with Gasteiger partial charge in [-0.1, -0.05) is 6.07 Å². The maximum Gasteiger partial charge on any atom is 0.133 e. The van der Waals surface area contributed by atoms with Gasteiger partial charge < -0.3 is 14.8 Å². The molecule has 1 aliphatic heterocycles. The number of rotatable bonds is 5. The normalized spacial score (nSPS) is 19.5. The van der Waals surface area contributed by atoms with E-state index in [1.165, 1.54) is 5.56 Å². The van der Waals surface area contributed by atoms with Crippen LogP contribution in [0.25, 0.3) is 0 Å². The van der Waals surface area contributed by atoms with Crippen LogP contribution in [0.4, 0.5) is 0 Å². The van der Waals surface area contributed by atoms with E-state index in [0.717, 1.165) is 43.0 Å². The molecule has 1 N–H and O–H groups in total. The Morgan fingerprint density at radius 2 is 2.41 bits per heavy atom. The van der Waals surface area contributed by atoms with E-state index < -0.39 is 0 Å². The molecule has 94 valence electrons. The molecular formula is C13H18BrNO2. The first-order valence-electron chi connectivity index (χ1n) is 5.93. The predicted molar refractivity (Wildman–Crippen MR) is 71.3 cm³/mol. The smallest absolute Gasteiger partial charge is 0.133 e. The third-order valence-corrected chi connectivity index (χ3v) is 3.50. The Morgan fingerprint density at radius 3 is 3.06 bits per heavy atom. The van der Waals surface area contributed by atoms with Crippen LogP contribution in [0.2, 0.25) is 0 Å². The second-order valence-electron chi connectivity index (χ2n) is 4.34. The molecule has 0 spiro atoms. The quantitative estimate of drug-likeness (QED) is 0.906. The van der Waals surface area contributed by atoms with Crippen LogP contribution in [0.5, 0.6) is 5.75 Å². The van der Waals surface area contributed by atoms with Crippen molar-refractivity contribution in [3.63, 3.8) is 0 Å². The summed E-state index contributed by atoms with van der Waals surface area (Å²) < 4.78 is 12.2. The van der Waals surface area contributed by atoms with Gasteiger partial charge >= 0.3 is 0 Å². The summed E-state index contributed by atoms with van der Waals surface area (Å²) in [6.07, 6.45) is 1.11. The van der Waals surface area contributed by atoms with Crippen molar-refractivity contribution in [1.82, 2.24) is 5.32 Å². The predicted octanol–water partition coefficient (Wildman–Crippen LogP) is 2.58. The zero-order valence-corrected chi connectivity index (χ0v) is 11.6. The number of benzene rings is 1. The van der Waals surface area contributed by atoms with Gasteiger partial charge in [0.25, 0.3) is 0 Å². The lowest BCUT2D eigenvalue weighted by atomic mass is 10.1. The summed E-state index contributed by atoms with van der Waals surface area (Å²) in [7, 11) is 1.94. The van der Waals surface area contributed by atoms with Crippen molar-refractivity contribution in [3.05, 3.63) is 28.2 Å². The van der Waals surface area contributed by atoms with Gasteiger partial charge in [-0.15, -0.1) is 0 Å². The van der Waals surface area contributed by atoms with Crippen molar-refractivity contribution < 1.29 is 9.47 Å². The zero-order chi connectivity index (χ0) is 12.1. The Morgan fingerprint density at radius 1 is 1.53 bits per heavy atom. The van der Waals surface area contributed by atoms with Crippen LogP contribution in [0, 0.1) is 5.92 Å². The average Bonchev–Trinajstić information content (AvgIpc) is 2.81. The van der Waals surface area contributed by atoms with Crippen LogP contribution in [-0.4, -0.2) is 26.9 Å². The zero-order valence-electron chi connectivity index (χ0n) is 10.0. The van der Waals surface area contributed by atoms with Gasteiger partial charge in [0.15, 0.2) is 0 Å². The maximum atomic E-state index is 5.81. The van der Waals surface area contributed by atoms with E-state index in [1.807, 2.05) is 13.1 Å². The lowest BCUT2D eigenvalue weighted by molar-refractivity contribution is 0.167. The third kappa shape index (κ3) is 3.69. The SMILES string of the molecule is CNCc1ccc(OCC2CCOC2)c(Br)c1. The largest absolute Gasteiger partial charge is 0.492 e. The Kier molecular flexibility index (Phi) is 4.83. The minimum Gasteiger partial charge on any atom is -0.492 e. The molecule has 4 heteroatoms. The second-order valence-corrected chi connectivity index (χ2v) is 5.19. The van der Waals surface area contributed by atoms with Gasteiger partial charge in [0.1, 0.15) is 5.75 Å².